The molecule has 31 heavy (non-hydrogen) atoms. The third kappa shape index (κ3) is 5.47. The summed E-state index contributed by atoms with van der Waals surface area (Å²) in [4.78, 5) is 26.5. The predicted octanol–water partition coefficient (Wildman–Crippen LogP) is 4.92. The van der Waals surface area contributed by atoms with Gasteiger partial charge in [0.2, 0.25) is 0 Å². The zero-order chi connectivity index (χ0) is 22.5. The Morgan fingerprint density at radius 1 is 1.23 bits per heavy atom. The molecule has 1 aliphatic heterocycles. The van der Waals surface area contributed by atoms with Crippen molar-refractivity contribution in [3.8, 4) is 5.75 Å². The highest BCUT2D eigenvalue weighted by atomic mass is 35.5. The summed E-state index contributed by atoms with van der Waals surface area (Å²) in [6, 6.07) is 8.56. The van der Waals surface area contributed by atoms with Gasteiger partial charge in [-0.3, -0.25) is 4.90 Å². The smallest absolute Gasteiger partial charge is 0.410 e. The third-order valence-corrected chi connectivity index (χ3v) is 5.30. The molecule has 0 aromatic heterocycles. The maximum Gasteiger partial charge on any atom is 0.410 e. The maximum absolute atomic E-state index is 13.2. The number of hydrogen-bond donors (Lipinski definition) is 0. The Balaban J connectivity index is 1.78. The van der Waals surface area contributed by atoms with Crippen LogP contribution in [-0.4, -0.2) is 37.2 Å². The van der Waals surface area contributed by atoms with Crippen molar-refractivity contribution in [3.63, 3.8) is 0 Å². The van der Waals surface area contributed by atoms with Crippen LogP contribution in [-0.2, 0) is 27.3 Å². The highest BCUT2D eigenvalue weighted by Gasteiger charge is 2.37. The van der Waals surface area contributed by atoms with Crippen LogP contribution in [0.2, 0.25) is 5.02 Å². The fraction of sp³-hybridized carbons (Fsp3) is 0.391. The van der Waals surface area contributed by atoms with Gasteiger partial charge in [-0.25, -0.2) is 14.0 Å². The van der Waals surface area contributed by atoms with E-state index in [1.807, 2.05) is 19.9 Å². The molecule has 8 heteroatoms. The highest BCUT2D eigenvalue weighted by Crippen LogP contribution is 2.34. The minimum absolute atomic E-state index is 0.173. The molecule has 0 spiro atoms. The quantitative estimate of drug-likeness (QED) is 0.585. The number of methoxy groups -OCH3 is 1. The lowest BCUT2D eigenvalue weighted by Gasteiger charge is -2.35. The van der Waals surface area contributed by atoms with E-state index in [-0.39, 0.29) is 19.1 Å². The van der Waals surface area contributed by atoms with Crippen LogP contribution in [0.1, 0.15) is 36.6 Å². The van der Waals surface area contributed by atoms with E-state index >= 15 is 0 Å². The first kappa shape index (κ1) is 22.9. The van der Waals surface area contributed by atoms with Crippen molar-refractivity contribution in [1.29, 1.82) is 0 Å². The van der Waals surface area contributed by atoms with Gasteiger partial charge in [0.1, 0.15) is 18.2 Å². The Hall–Kier alpha value is -2.80. The number of amides is 1. The number of hydrogen-bond acceptors (Lipinski definition) is 5. The fourth-order valence-corrected chi connectivity index (χ4v) is 3.60. The lowest BCUT2D eigenvalue weighted by molar-refractivity contribution is -0.147. The van der Waals surface area contributed by atoms with Gasteiger partial charge in [-0.05, 0) is 47.7 Å². The van der Waals surface area contributed by atoms with Crippen LogP contribution in [0, 0.1) is 11.7 Å². The van der Waals surface area contributed by atoms with Crippen LogP contribution in [0.25, 0.3) is 0 Å². The summed E-state index contributed by atoms with van der Waals surface area (Å²) in [7, 11) is 1.29. The summed E-state index contributed by atoms with van der Waals surface area (Å²) in [6.07, 6.45) is -0.00489. The number of rotatable bonds is 6. The zero-order valence-electron chi connectivity index (χ0n) is 17.7. The van der Waals surface area contributed by atoms with E-state index in [1.54, 1.807) is 18.2 Å². The second-order valence-corrected chi connectivity index (χ2v) is 8.13. The number of fused-ring (bicyclic) bond motifs is 1. The molecule has 0 radical (unpaired) electrons. The van der Waals surface area contributed by atoms with Crippen molar-refractivity contribution < 1.29 is 28.2 Å². The predicted molar refractivity (Wildman–Crippen MR) is 114 cm³/mol. The van der Waals surface area contributed by atoms with E-state index in [2.05, 4.69) is 0 Å². The van der Waals surface area contributed by atoms with E-state index in [0.29, 0.717) is 34.9 Å². The molecule has 1 atom stereocenters. The monoisotopic (exact) mass is 449 g/mol. The molecule has 6 nitrogen and oxygen atoms in total. The molecule has 0 saturated heterocycles. The molecule has 2 aromatic carbocycles. The van der Waals surface area contributed by atoms with Gasteiger partial charge in [0.25, 0.3) is 0 Å². The van der Waals surface area contributed by atoms with E-state index in [1.165, 1.54) is 24.1 Å². The maximum atomic E-state index is 13.2. The minimum Gasteiger partial charge on any atom is -0.489 e. The Morgan fingerprint density at radius 3 is 2.68 bits per heavy atom. The van der Waals surface area contributed by atoms with Gasteiger partial charge in [0.05, 0.1) is 18.7 Å². The number of carbonyl (C=O) groups is 2. The summed E-state index contributed by atoms with van der Waals surface area (Å²) in [5, 5.41) is 0.291. The minimum atomic E-state index is -0.881. The summed E-state index contributed by atoms with van der Waals surface area (Å²) in [5.74, 6) is -0.174. The largest absolute Gasteiger partial charge is 0.489 e. The molecule has 0 saturated carbocycles. The molecule has 166 valence electrons. The lowest BCUT2D eigenvalue weighted by Crippen LogP contribution is -2.44. The van der Waals surface area contributed by atoms with Crippen molar-refractivity contribution >= 4 is 23.7 Å². The van der Waals surface area contributed by atoms with Gasteiger partial charge < -0.3 is 14.2 Å². The summed E-state index contributed by atoms with van der Waals surface area (Å²) in [5.41, 5.74) is 2.21. The molecular formula is C23H25ClFNO5. The zero-order valence-corrected chi connectivity index (χ0v) is 18.4. The highest BCUT2D eigenvalue weighted by molar-refractivity contribution is 6.31. The molecule has 1 amide bonds. The first-order valence-electron chi connectivity index (χ1n) is 10.0. The molecule has 0 bridgehead atoms. The molecule has 1 unspecified atom stereocenters. The van der Waals surface area contributed by atoms with Crippen LogP contribution in [0.3, 0.4) is 0 Å². The molecule has 0 fully saturated rings. The van der Waals surface area contributed by atoms with E-state index in [0.717, 1.165) is 5.56 Å². The van der Waals surface area contributed by atoms with Gasteiger partial charge in [-0.1, -0.05) is 37.6 Å². The van der Waals surface area contributed by atoms with Crippen LogP contribution < -0.4 is 4.74 Å². The molecule has 3 rings (SSSR count). The number of esters is 1. The van der Waals surface area contributed by atoms with Gasteiger partial charge in [0.15, 0.2) is 6.04 Å². The topological polar surface area (TPSA) is 65.1 Å². The molecule has 1 heterocycles. The van der Waals surface area contributed by atoms with Gasteiger partial charge in [-0.15, -0.1) is 0 Å². The summed E-state index contributed by atoms with van der Waals surface area (Å²) < 4.78 is 29.3. The number of nitrogens with zero attached hydrogens (tertiary/aromatic N) is 1. The number of ether oxygens (including phenoxy) is 3. The normalized spacial score (nSPS) is 15.4. The average molecular weight is 450 g/mol. The van der Waals surface area contributed by atoms with Crippen LogP contribution in [0.4, 0.5) is 9.18 Å². The number of halogens is 2. The second-order valence-electron chi connectivity index (χ2n) is 7.72. The summed E-state index contributed by atoms with van der Waals surface area (Å²) in [6.45, 7) is 4.65. The Bertz CT molecular complexity index is 965. The number of carbonyl (C=O) groups excluding carboxylic acids is 2. The standard InChI is InChI=1S/C23H25ClFNO5/c1-14(2)12-31-23(28)26-9-8-15-10-18(6-7-19(15)21(26)22(27)29-3)30-13-16-4-5-17(25)11-20(16)24/h4-7,10-11,14,21H,8-9,12-13H2,1-3H3. The van der Waals surface area contributed by atoms with Gasteiger partial charge in [-0.2, -0.15) is 0 Å². The number of benzene rings is 2. The van der Waals surface area contributed by atoms with Crippen molar-refractivity contribution in [2.75, 3.05) is 20.3 Å². The van der Waals surface area contributed by atoms with Crippen LogP contribution >= 0.6 is 11.6 Å². The Morgan fingerprint density at radius 2 is 2.00 bits per heavy atom. The SMILES string of the molecule is COC(=O)C1c2ccc(OCc3ccc(F)cc3Cl)cc2CCN1C(=O)OCC(C)C. The Labute approximate surface area is 185 Å². The van der Waals surface area contributed by atoms with Gasteiger partial charge in [0, 0.05) is 12.1 Å². The lowest BCUT2D eigenvalue weighted by atomic mass is 9.92. The fourth-order valence-electron chi connectivity index (χ4n) is 3.38. The third-order valence-electron chi connectivity index (χ3n) is 4.95. The second kappa shape index (κ2) is 10.0. The first-order chi connectivity index (χ1) is 14.8. The van der Waals surface area contributed by atoms with Crippen LogP contribution in [0.15, 0.2) is 36.4 Å². The van der Waals surface area contributed by atoms with E-state index in [4.69, 9.17) is 25.8 Å². The van der Waals surface area contributed by atoms with Crippen molar-refractivity contribution in [1.82, 2.24) is 4.90 Å². The van der Waals surface area contributed by atoms with Crippen molar-refractivity contribution in [2.24, 2.45) is 5.92 Å². The average Bonchev–Trinajstić information content (AvgIpc) is 2.75. The molecule has 0 aliphatic carbocycles. The first-order valence-corrected chi connectivity index (χ1v) is 10.4. The molecule has 1 aliphatic rings. The van der Waals surface area contributed by atoms with E-state index < -0.39 is 23.9 Å². The molecular weight excluding hydrogens is 425 g/mol. The van der Waals surface area contributed by atoms with Gasteiger partial charge >= 0.3 is 12.1 Å². The van der Waals surface area contributed by atoms with E-state index in [9.17, 15) is 14.0 Å². The van der Waals surface area contributed by atoms with Crippen molar-refractivity contribution in [3.05, 3.63) is 63.9 Å². The molecule has 2 aromatic rings. The van der Waals surface area contributed by atoms with Crippen molar-refractivity contribution in [2.45, 2.75) is 32.9 Å². The summed E-state index contributed by atoms with van der Waals surface area (Å²) >= 11 is 6.05. The molecule has 0 N–H and O–H groups in total. The van der Waals surface area contributed by atoms with Crippen LogP contribution in [0.5, 0.6) is 5.75 Å². The Kier molecular flexibility index (Phi) is 7.38.